The molecular formula is C17H15N5O. The number of aromatic nitrogens is 5. The lowest BCUT2D eigenvalue weighted by Gasteiger charge is -2.07. The van der Waals surface area contributed by atoms with Gasteiger partial charge in [0.25, 0.3) is 5.56 Å². The number of aryl methyl sites for hydroxylation is 3. The van der Waals surface area contributed by atoms with E-state index >= 15 is 0 Å². The highest BCUT2D eigenvalue weighted by atomic mass is 16.1. The van der Waals surface area contributed by atoms with Gasteiger partial charge in [-0.25, -0.2) is 9.97 Å². The van der Waals surface area contributed by atoms with E-state index in [0.717, 1.165) is 22.3 Å². The molecule has 0 radical (unpaired) electrons. The van der Waals surface area contributed by atoms with E-state index in [-0.39, 0.29) is 5.56 Å². The van der Waals surface area contributed by atoms with Crippen molar-refractivity contribution in [2.45, 2.75) is 20.8 Å². The molecule has 4 aromatic rings. The average molecular weight is 305 g/mol. The summed E-state index contributed by atoms with van der Waals surface area (Å²) in [7, 11) is 0. The van der Waals surface area contributed by atoms with Crippen molar-refractivity contribution in [3.05, 3.63) is 64.0 Å². The van der Waals surface area contributed by atoms with Crippen LogP contribution in [0, 0.1) is 20.8 Å². The summed E-state index contributed by atoms with van der Waals surface area (Å²) in [4.78, 5) is 21.7. The van der Waals surface area contributed by atoms with Crippen LogP contribution in [0.2, 0.25) is 0 Å². The summed E-state index contributed by atoms with van der Waals surface area (Å²) in [6.07, 6.45) is 1.65. The van der Waals surface area contributed by atoms with Gasteiger partial charge in [-0.2, -0.15) is 4.68 Å². The minimum absolute atomic E-state index is 0.204. The molecule has 0 atom stereocenters. The van der Waals surface area contributed by atoms with Gasteiger partial charge in [0.15, 0.2) is 5.82 Å². The second-order valence-electron chi connectivity index (χ2n) is 5.63. The Labute approximate surface area is 132 Å². The summed E-state index contributed by atoms with van der Waals surface area (Å²) in [6.45, 7) is 5.84. The van der Waals surface area contributed by atoms with Crippen molar-refractivity contribution in [2.24, 2.45) is 0 Å². The number of rotatable bonds is 1. The molecule has 23 heavy (non-hydrogen) atoms. The Balaban J connectivity index is 2.17. The maximum absolute atomic E-state index is 12.9. The molecule has 0 fully saturated rings. The van der Waals surface area contributed by atoms with Crippen LogP contribution < -0.4 is 5.56 Å². The number of pyridine rings is 2. The van der Waals surface area contributed by atoms with Crippen molar-refractivity contribution in [3.8, 4) is 5.82 Å². The van der Waals surface area contributed by atoms with Gasteiger partial charge in [-0.3, -0.25) is 9.20 Å². The average Bonchev–Trinajstić information content (AvgIpc) is 2.92. The molecule has 0 aliphatic carbocycles. The minimum atomic E-state index is -0.204. The summed E-state index contributed by atoms with van der Waals surface area (Å²) in [5, 5.41) is 5.39. The highest BCUT2D eigenvalue weighted by Gasteiger charge is 2.15. The fraction of sp³-hybridized carbons (Fsp3) is 0.176. The molecule has 0 aliphatic rings. The highest BCUT2D eigenvalue weighted by molar-refractivity contribution is 5.87. The van der Waals surface area contributed by atoms with Crippen LogP contribution in [-0.2, 0) is 0 Å². The van der Waals surface area contributed by atoms with Gasteiger partial charge >= 0.3 is 0 Å². The maximum Gasteiger partial charge on any atom is 0.297 e. The number of hydrogen-bond acceptors (Lipinski definition) is 4. The molecule has 0 N–H and O–H groups in total. The van der Waals surface area contributed by atoms with Crippen LogP contribution in [0.25, 0.3) is 22.4 Å². The Bertz CT molecular complexity index is 1110. The fourth-order valence-electron chi connectivity index (χ4n) is 2.95. The van der Waals surface area contributed by atoms with E-state index in [1.165, 1.54) is 4.68 Å². The summed E-state index contributed by atoms with van der Waals surface area (Å²) < 4.78 is 3.16. The largest absolute Gasteiger partial charge is 0.297 e. The van der Waals surface area contributed by atoms with Crippen LogP contribution in [0.4, 0.5) is 0 Å². The number of nitrogens with zero attached hydrogens (tertiary/aromatic N) is 5. The molecule has 0 aromatic carbocycles. The summed E-state index contributed by atoms with van der Waals surface area (Å²) in [5.74, 6) is 1.20. The van der Waals surface area contributed by atoms with Gasteiger partial charge in [-0.15, -0.1) is 5.10 Å². The van der Waals surface area contributed by atoms with Gasteiger partial charge in [-0.05, 0) is 50.6 Å². The molecule has 0 aliphatic heterocycles. The minimum Gasteiger partial charge on any atom is -0.275 e. The first kappa shape index (κ1) is 13.6. The van der Waals surface area contributed by atoms with Gasteiger partial charge in [0.1, 0.15) is 17.0 Å². The van der Waals surface area contributed by atoms with E-state index < -0.39 is 0 Å². The van der Waals surface area contributed by atoms with Gasteiger partial charge in [-0.1, -0.05) is 6.07 Å². The first-order valence-corrected chi connectivity index (χ1v) is 7.37. The van der Waals surface area contributed by atoms with E-state index in [4.69, 9.17) is 0 Å². The molecule has 0 amide bonds. The molecule has 4 heterocycles. The smallest absolute Gasteiger partial charge is 0.275 e. The van der Waals surface area contributed by atoms with E-state index in [1.54, 1.807) is 12.3 Å². The highest BCUT2D eigenvalue weighted by Crippen LogP contribution is 2.22. The molecule has 114 valence electrons. The van der Waals surface area contributed by atoms with E-state index in [1.807, 2.05) is 49.4 Å². The van der Waals surface area contributed by atoms with Crippen LogP contribution in [0.5, 0.6) is 0 Å². The molecule has 4 rings (SSSR count). The normalized spacial score (nSPS) is 11.4. The number of hydrogen-bond donors (Lipinski definition) is 0. The zero-order valence-corrected chi connectivity index (χ0v) is 13.1. The Hall–Kier alpha value is -3.02. The van der Waals surface area contributed by atoms with Crippen LogP contribution in [0.1, 0.15) is 17.1 Å². The zero-order valence-electron chi connectivity index (χ0n) is 13.1. The Morgan fingerprint density at radius 2 is 1.91 bits per heavy atom. The molecule has 0 spiro atoms. The molecule has 0 unspecified atom stereocenters. The van der Waals surface area contributed by atoms with E-state index in [2.05, 4.69) is 15.1 Å². The molecule has 6 nitrogen and oxygen atoms in total. The van der Waals surface area contributed by atoms with Crippen molar-refractivity contribution in [1.29, 1.82) is 0 Å². The molecule has 0 saturated heterocycles. The third-order valence-electron chi connectivity index (χ3n) is 3.95. The third-order valence-corrected chi connectivity index (χ3v) is 3.95. The van der Waals surface area contributed by atoms with Gasteiger partial charge in [0, 0.05) is 17.3 Å². The zero-order chi connectivity index (χ0) is 16.1. The van der Waals surface area contributed by atoms with Crippen molar-refractivity contribution in [3.63, 3.8) is 0 Å². The van der Waals surface area contributed by atoms with Crippen LogP contribution in [-0.4, -0.2) is 24.1 Å². The molecular weight excluding hydrogens is 290 g/mol. The van der Waals surface area contributed by atoms with Crippen molar-refractivity contribution in [1.82, 2.24) is 24.1 Å². The van der Waals surface area contributed by atoms with Crippen molar-refractivity contribution in [2.75, 3.05) is 0 Å². The summed E-state index contributed by atoms with van der Waals surface area (Å²) >= 11 is 0. The summed E-state index contributed by atoms with van der Waals surface area (Å²) in [5.41, 5.74) is 3.14. The first-order chi connectivity index (χ1) is 11.1. The lowest BCUT2D eigenvalue weighted by Crippen LogP contribution is -2.25. The Morgan fingerprint density at radius 1 is 1.09 bits per heavy atom. The quantitative estimate of drug-likeness (QED) is 0.541. The predicted molar refractivity (Wildman–Crippen MR) is 88.1 cm³/mol. The molecule has 0 bridgehead atoms. The van der Waals surface area contributed by atoms with Crippen molar-refractivity contribution < 1.29 is 0 Å². The molecule has 4 aromatic heterocycles. The SMILES string of the molecule is Cc1cc(C)c2cc3c(=O)n(-c4ccccn4)nc(C)n3c2n1. The lowest BCUT2D eigenvalue weighted by molar-refractivity contribution is 0.733. The topological polar surface area (TPSA) is 65.1 Å². The fourth-order valence-corrected chi connectivity index (χ4v) is 2.95. The predicted octanol–water partition coefficient (Wildman–Crippen LogP) is 2.35. The van der Waals surface area contributed by atoms with E-state index in [0.29, 0.717) is 17.2 Å². The van der Waals surface area contributed by atoms with Crippen molar-refractivity contribution >= 4 is 16.6 Å². The lowest BCUT2D eigenvalue weighted by atomic mass is 10.2. The monoisotopic (exact) mass is 305 g/mol. The van der Waals surface area contributed by atoms with Crippen LogP contribution in [0.15, 0.2) is 41.3 Å². The Kier molecular flexibility index (Phi) is 2.81. The van der Waals surface area contributed by atoms with Crippen LogP contribution >= 0.6 is 0 Å². The maximum atomic E-state index is 12.9. The Morgan fingerprint density at radius 3 is 2.65 bits per heavy atom. The summed E-state index contributed by atoms with van der Waals surface area (Å²) in [6, 6.07) is 9.30. The second kappa shape index (κ2) is 4.74. The molecule has 6 heteroatoms. The van der Waals surface area contributed by atoms with Gasteiger partial charge in [0.05, 0.1) is 0 Å². The van der Waals surface area contributed by atoms with Gasteiger partial charge < -0.3 is 0 Å². The standard InChI is InChI=1S/C17H15N5O/c1-10-8-11(2)19-16-13(10)9-14-17(23)22(20-12(3)21(14)16)15-6-4-5-7-18-15/h4-9H,1-3H3. The van der Waals surface area contributed by atoms with Gasteiger partial charge in [0.2, 0.25) is 0 Å². The van der Waals surface area contributed by atoms with E-state index in [9.17, 15) is 4.79 Å². The molecule has 0 saturated carbocycles. The second-order valence-corrected chi connectivity index (χ2v) is 5.63. The number of fused-ring (bicyclic) bond motifs is 3. The van der Waals surface area contributed by atoms with Crippen LogP contribution in [0.3, 0.4) is 0 Å². The third kappa shape index (κ3) is 1.95. The first-order valence-electron chi connectivity index (χ1n) is 7.37.